The fourth-order valence-electron chi connectivity index (χ4n) is 1.83. The molecule has 1 aromatic carbocycles. The maximum absolute atomic E-state index is 10.6. The molecule has 0 unspecified atom stereocenters. The summed E-state index contributed by atoms with van der Waals surface area (Å²) in [6.07, 6.45) is 0.872. The first-order chi connectivity index (χ1) is 8.54. The molecule has 4 nitrogen and oxygen atoms in total. The Balaban J connectivity index is 2.61. The van der Waals surface area contributed by atoms with Gasteiger partial charge in [0.15, 0.2) is 0 Å². The van der Waals surface area contributed by atoms with E-state index in [4.69, 9.17) is 10.5 Å². The summed E-state index contributed by atoms with van der Waals surface area (Å²) < 4.78 is 5.34. The summed E-state index contributed by atoms with van der Waals surface area (Å²) in [4.78, 5) is 10.6. The number of hydrogen-bond acceptors (Lipinski definition) is 3. The Kier molecular flexibility index (Phi) is 5.65. The Bertz CT molecular complexity index is 403. The van der Waals surface area contributed by atoms with Gasteiger partial charge in [0.25, 0.3) is 0 Å². The van der Waals surface area contributed by atoms with Gasteiger partial charge in [-0.3, -0.25) is 4.79 Å². The van der Waals surface area contributed by atoms with Gasteiger partial charge < -0.3 is 15.8 Å². The zero-order valence-corrected chi connectivity index (χ0v) is 11.3. The van der Waals surface area contributed by atoms with Crippen LogP contribution < -0.4 is 15.8 Å². The van der Waals surface area contributed by atoms with E-state index in [0.717, 1.165) is 18.7 Å². The van der Waals surface area contributed by atoms with Crippen molar-refractivity contribution in [1.82, 2.24) is 5.32 Å². The normalized spacial score (nSPS) is 10.7. The van der Waals surface area contributed by atoms with Gasteiger partial charge in [0.05, 0.1) is 13.7 Å². The molecule has 0 aliphatic heterocycles. The molecule has 0 heterocycles. The fourth-order valence-corrected chi connectivity index (χ4v) is 1.83. The van der Waals surface area contributed by atoms with Crippen LogP contribution >= 0.6 is 0 Å². The van der Waals surface area contributed by atoms with Gasteiger partial charge in [-0.15, -0.1) is 0 Å². The molecule has 0 atom stereocenters. The molecule has 3 N–H and O–H groups in total. The van der Waals surface area contributed by atoms with E-state index in [1.165, 1.54) is 11.1 Å². The van der Waals surface area contributed by atoms with E-state index in [1.54, 1.807) is 7.11 Å². The second-order valence-electron chi connectivity index (χ2n) is 4.62. The van der Waals surface area contributed by atoms with Crippen molar-refractivity contribution in [1.29, 1.82) is 0 Å². The van der Waals surface area contributed by atoms with Crippen molar-refractivity contribution in [3.8, 4) is 5.75 Å². The van der Waals surface area contributed by atoms with Gasteiger partial charge in [-0.2, -0.15) is 0 Å². The predicted molar refractivity (Wildman–Crippen MR) is 72.9 cm³/mol. The molecule has 1 aromatic rings. The first-order valence-corrected chi connectivity index (χ1v) is 6.20. The molecule has 1 rings (SSSR count). The standard InChI is InChI=1S/C14H22N2O2/c1-10(2)12-8-11(4-5-13(12)18-3)6-7-16-9-14(15)17/h4-5,8,10,16H,6-7,9H2,1-3H3,(H2,15,17). The first-order valence-electron chi connectivity index (χ1n) is 6.20. The molecule has 0 spiro atoms. The molecule has 0 saturated heterocycles. The Morgan fingerprint density at radius 1 is 1.44 bits per heavy atom. The highest BCUT2D eigenvalue weighted by molar-refractivity contribution is 5.75. The van der Waals surface area contributed by atoms with E-state index in [2.05, 4.69) is 31.3 Å². The molecule has 0 bridgehead atoms. The van der Waals surface area contributed by atoms with Crippen LogP contribution in [0.2, 0.25) is 0 Å². The van der Waals surface area contributed by atoms with Gasteiger partial charge >= 0.3 is 0 Å². The molecule has 0 aliphatic carbocycles. The van der Waals surface area contributed by atoms with Crippen molar-refractivity contribution in [3.05, 3.63) is 29.3 Å². The Hall–Kier alpha value is -1.55. The monoisotopic (exact) mass is 250 g/mol. The molecule has 0 radical (unpaired) electrons. The van der Waals surface area contributed by atoms with Crippen LogP contribution in [0, 0.1) is 0 Å². The van der Waals surface area contributed by atoms with Crippen LogP contribution in [-0.4, -0.2) is 26.1 Å². The van der Waals surface area contributed by atoms with Crippen LogP contribution in [-0.2, 0) is 11.2 Å². The number of carbonyl (C=O) groups excluding carboxylic acids is 1. The Morgan fingerprint density at radius 3 is 2.72 bits per heavy atom. The SMILES string of the molecule is COc1ccc(CCNCC(N)=O)cc1C(C)C. The number of nitrogens with two attached hydrogens (primary N) is 1. The molecule has 0 aliphatic rings. The van der Waals surface area contributed by atoms with Crippen molar-refractivity contribution in [3.63, 3.8) is 0 Å². The van der Waals surface area contributed by atoms with E-state index >= 15 is 0 Å². The number of amides is 1. The van der Waals surface area contributed by atoms with Gasteiger partial charge in [-0.05, 0) is 36.1 Å². The van der Waals surface area contributed by atoms with Crippen LogP contribution in [0.3, 0.4) is 0 Å². The average Bonchev–Trinajstić information content (AvgIpc) is 2.34. The quantitative estimate of drug-likeness (QED) is 0.720. The highest BCUT2D eigenvalue weighted by Crippen LogP contribution is 2.27. The largest absolute Gasteiger partial charge is 0.496 e. The summed E-state index contributed by atoms with van der Waals surface area (Å²) in [5.74, 6) is 1.03. The van der Waals surface area contributed by atoms with Gasteiger partial charge in [0, 0.05) is 0 Å². The smallest absolute Gasteiger partial charge is 0.231 e. The summed E-state index contributed by atoms with van der Waals surface area (Å²) in [7, 11) is 1.69. The lowest BCUT2D eigenvalue weighted by Gasteiger charge is -2.13. The van der Waals surface area contributed by atoms with Crippen molar-refractivity contribution >= 4 is 5.91 Å². The maximum atomic E-state index is 10.6. The number of carbonyl (C=O) groups is 1. The van der Waals surface area contributed by atoms with E-state index in [-0.39, 0.29) is 12.5 Å². The lowest BCUT2D eigenvalue weighted by molar-refractivity contribution is -0.117. The Labute approximate surface area is 109 Å². The van der Waals surface area contributed by atoms with Gasteiger partial charge in [0.2, 0.25) is 5.91 Å². The fraction of sp³-hybridized carbons (Fsp3) is 0.500. The summed E-state index contributed by atoms with van der Waals surface area (Å²) in [6, 6.07) is 6.21. The molecule has 0 aromatic heterocycles. The summed E-state index contributed by atoms with van der Waals surface area (Å²) >= 11 is 0. The average molecular weight is 250 g/mol. The van der Waals surface area contributed by atoms with Crippen LogP contribution in [0.15, 0.2) is 18.2 Å². The van der Waals surface area contributed by atoms with Crippen molar-refractivity contribution in [2.24, 2.45) is 5.73 Å². The van der Waals surface area contributed by atoms with E-state index in [1.807, 2.05) is 6.07 Å². The number of hydrogen-bond donors (Lipinski definition) is 2. The number of ether oxygens (including phenoxy) is 1. The van der Waals surface area contributed by atoms with Gasteiger partial charge in [0.1, 0.15) is 5.75 Å². The molecule has 100 valence electrons. The third-order valence-electron chi connectivity index (χ3n) is 2.81. The van der Waals surface area contributed by atoms with Crippen molar-refractivity contribution in [2.45, 2.75) is 26.2 Å². The molecular formula is C14H22N2O2. The number of methoxy groups -OCH3 is 1. The highest BCUT2D eigenvalue weighted by atomic mass is 16.5. The van der Waals surface area contributed by atoms with Crippen LogP contribution in [0.25, 0.3) is 0 Å². The summed E-state index contributed by atoms with van der Waals surface area (Å²) in [6.45, 7) is 5.26. The van der Waals surface area contributed by atoms with Crippen molar-refractivity contribution < 1.29 is 9.53 Å². The first kappa shape index (κ1) is 14.5. The third kappa shape index (κ3) is 4.37. The van der Waals surface area contributed by atoms with Gasteiger partial charge in [-0.1, -0.05) is 26.0 Å². The van der Waals surface area contributed by atoms with E-state index in [0.29, 0.717) is 5.92 Å². The molecule has 4 heteroatoms. The third-order valence-corrected chi connectivity index (χ3v) is 2.81. The number of primary amides is 1. The second-order valence-corrected chi connectivity index (χ2v) is 4.62. The summed E-state index contributed by atoms with van der Waals surface area (Å²) in [5.41, 5.74) is 7.50. The number of nitrogens with one attached hydrogen (secondary N) is 1. The van der Waals surface area contributed by atoms with E-state index < -0.39 is 0 Å². The zero-order valence-electron chi connectivity index (χ0n) is 11.3. The maximum Gasteiger partial charge on any atom is 0.231 e. The lowest BCUT2D eigenvalue weighted by Crippen LogP contribution is -2.29. The van der Waals surface area contributed by atoms with Crippen molar-refractivity contribution in [2.75, 3.05) is 20.2 Å². The molecular weight excluding hydrogens is 228 g/mol. The molecule has 1 amide bonds. The zero-order chi connectivity index (χ0) is 13.5. The van der Waals surface area contributed by atoms with E-state index in [9.17, 15) is 4.79 Å². The number of benzene rings is 1. The van der Waals surface area contributed by atoms with Crippen LogP contribution in [0.4, 0.5) is 0 Å². The minimum absolute atomic E-state index is 0.229. The minimum atomic E-state index is -0.326. The predicted octanol–water partition coefficient (Wildman–Crippen LogP) is 1.44. The lowest BCUT2D eigenvalue weighted by atomic mass is 9.98. The topological polar surface area (TPSA) is 64.3 Å². The minimum Gasteiger partial charge on any atom is -0.496 e. The highest BCUT2D eigenvalue weighted by Gasteiger charge is 2.08. The second kappa shape index (κ2) is 7.01. The van der Waals surface area contributed by atoms with Crippen LogP contribution in [0.1, 0.15) is 30.9 Å². The number of rotatable bonds is 7. The molecule has 0 saturated carbocycles. The summed E-state index contributed by atoms with van der Waals surface area (Å²) in [5, 5.41) is 3.00. The van der Waals surface area contributed by atoms with Crippen LogP contribution in [0.5, 0.6) is 5.75 Å². The molecule has 18 heavy (non-hydrogen) atoms. The van der Waals surface area contributed by atoms with Gasteiger partial charge in [-0.25, -0.2) is 0 Å². The Morgan fingerprint density at radius 2 is 2.17 bits per heavy atom. The molecule has 0 fully saturated rings.